The van der Waals surface area contributed by atoms with E-state index in [9.17, 15) is 4.39 Å². The molecule has 1 aromatic carbocycles. The van der Waals surface area contributed by atoms with Crippen LogP contribution in [0.25, 0.3) is 22.9 Å². The molecule has 2 aromatic heterocycles. The first-order valence-electron chi connectivity index (χ1n) is 8.33. The predicted octanol–water partition coefficient (Wildman–Crippen LogP) is 5.02. The molecule has 128 valence electrons. The molecule has 25 heavy (non-hydrogen) atoms. The number of pyridine rings is 1. The molecule has 0 radical (unpaired) electrons. The molecule has 3 heterocycles. The van der Waals surface area contributed by atoms with E-state index in [1.54, 1.807) is 24.5 Å². The van der Waals surface area contributed by atoms with Crippen molar-refractivity contribution in [1.29, 1.82) is 0 Å². The number of nitrogens with zero attached hydrogens (tertiary/aromatic N) is 3. The van der Waals surface area contributed by atoms with Gasteiger partial charge in [0.2, 0.25) is 0 Å². The standard InChI is InChI=1S/C20H19BrFN3/c1-13-3-5-18-15(9-13)16-11-24(2)8-7-19(16)25(18)12-17(22)14-4-6-20(21)23-10-14/h3-6,9-10,12H,7-8,11H2,1-2H3/b17-12-. The van der Waals surface area contributed by atoms with E-state index < -0.39 is 0 Å². The summed E-state index contributed by atoms with van der Waals surface area (Å²) >= 11 is 3.29. The number of aryl methyl sites for hydroxylation is 1. The molecule has 3 nitrogen and oxygen atoms in total. The van der Waals surface area contributed by atoms with Crippen molar-refractivity contribution in [3.05, 3.63) is 63.5 Å². The molecule has 5 heteroatoms. The summed E-state index contributed by atoms with van der Waals surface area (Å²) < 4.78 is 17.6. The van der Waals surface area contributed by atoms with Crippen LogP contribution in [-0.2, 0) is 13.0 Å². The zero-order valence-corrected chi connectivity index (χ0v) is 15.8. The number of halogens is 2. The van der Waals surface area contributed by atoms with E-state index in [4.69, 9.17) is 0 Å². The van der Waals surface area contributed by atoms with Crippen molar-refractivity contribution in [2.75, 3.05) is 13.6 Å². The van der Waals surface area contributed by atoms with Crippen LogP contribution in [0.3, 0.4) is 0 Å². The van der Waals surface area contributed by atoms with E-state index in [0.29, 0.717) is 10.2 Å². The zero-order chi connectivity index (χ0) is 17.6. The van der Waals surface area contributed by atoms with Gasteiger partial charge in [-0.25, -0.2) is 9.37 Å². The number of aromatic nitrogens is 2. The number of hydrogen-bond donors (Lipinski definition) is 0. The maximum absolute atomic E-state index is 14.9. The molecule has 0 atom stereocenters. The van der Waals surface area contributed by atoms with Crippen molar-refractivity contribution >= 4 is 38.9 Å². The topological polar surface area (TPSA) is 21.1 Å². The van der Waals surface area contributed by atoms with Crippen LogP contribution in [0.2, 0.25) is 0 Å². The highest BCUT2D eigenvalue weighted by atomic mass is 79.9. The second-order valence-electron chi connectivity index (χ2n) is 6.65. The lowest BCUT2D eigenvalue weighted by molar-refractivity contribution is 0.312. The normalized spacial score (nSPS) is 15.6. The molecular weight excluding hydrogens is 381 g/mol. The van der Waals surface area contributed by atoms with E-state index in [1.807, 2.05) is 4.57 Å². The highest BCUT2D eigenvalue weighted by molar-refractivity contribution is 9.10. The molecule has 0 fully saturated rings. The van der Waals surface area contributed by atoms with Gasteiger partial charge in [0.1, 0.15) is 10.4 Å². The van der Waals surface area contributed by atoms with Crippen molar-refractivity contribution in [2.45, 2.75) is 19.9 Å². The molecule has 3 aromatic rings. The Kier molecular flexibility index (Phi) is 4.21. The molecule has 0 unspecified atom stereocenters. The number of likely N-dealkylation sites (N-methyl/N-ethyl adjacent to an activating group) is 1. The van der Waals surface area contributed by atoms with Gasteiger partial charge in [-0.2, -0.15) is 0 Å². The first-order valence-corrected chi connectivity index (χ1v) is 9.12. The third-order valence-corrected chi connectivity index (χ3v) is 5.25. The Morgan fingerprint density at radius 3 is 2.88 bits per heavy atom. The van der Waals surface area contributed by atoms with Gasteiger partial charge < -0.3 is 9.47 Å². The fourth-order valence-electron chi connectivity index (χ4n) is 3.49. The van der Waals surface area contributed by atoms with Gasteiger partial charge in [-0.05, 0) is 59.7 Å². The molecule has 0 spiro atoms. The summed E-state index contributed by atoms with van der Waals surface area (Å²) in [7, 11) is 2.13. The number of hydrogen-bond acceptors (Lipinski definition) is 2. The summed E-state index contributed by atoms with van der Waals surface area (Å²) in [5.41, 5.74) is 5.29. The molecule has 1 aliphatic heterocycles. The number of rotatable bonds is 2. The first-order chi connectivity index (χ1) is 12.0. The third kappa shape index (κ3) is 3.02. The summed E-state index contributed by atoms with van der Waals surface area (Å²) in [6.45, 7) is 3.98. The number of fused-ring (bicyclic) bond motifs is 3. The first kappa shape index (κ1) is 16.5. The van der Waals surface area contributed by atoms with Crippen LogP contribution in [0.15, 0.2) is 41.1 Å². The van der Waals surface area contributed by atoms with Gasteiger partial charge in [0.15, 0.2) is 0 Å². The molecule has 0 amide bonds. The molecule has 0 aliphatic carbocycles. The van der Waals surface area contributed by atoms with E-state index in [2.05, 4.69) is 58.0 Å². The zero-order valence-electron chi connectivity index (χ0n) is 14.3. The van der Waals surface area contributed by atoms with E-state index in [-0.39, 0.29) is 5.83 Å². The minimum absolute atomic E-state index is 0.279. The highest BCUT2D eigenvalue weighted by Crippen LogP contribution is 2.33. The quantitative estimate of drug-likeness (QED) is 0.564. The highest BCUT2D eigenvalue weighted by Gasteiger charge is 2.22. The van der Waals surface area contributed by atoms with Gasteiger partial charge in [0.05, 0.1) is 5.52 Å². The fraction of sp³-hybridized carbons (Fsp3) is 0.250. The van der Waals surface area contributed by atoms with Crippen LogP contribution in [0.4, 0.5) is 4.39 Å². The van der Waals surface area contributed by atoms with E-state index in [1.165, 1.54) is 22.2 Å². The Morgan fingerprint density at radius 2 is 2.12 bits per heavy atom. The molecule has 0 saturated heterocycles. The molecule has 1 aliphatic rings. The van der Waals surface area contributed by atoms with Crippen molar-refractivity contribution in [1.82, 2.24) is 14.5 Å². The minimum Gasteiger partial charge on any atom is -0.317 e. The lowest BCUT2D eigenvalue weighted by atomic mass is 10.0. The van der Waals surface area contributed by atoms with Gasteiger partial charge in [-0.15, -0.1) is 0 Å². The van der Waals surface area contributed by atoms with Crippen molar-refractivity contribution in [3.63, 3.8) is 0 Å². The number of benzene rings is 1. The maximum Gasteiger partial charge on any atom is 0.148 e. The SMILES string of the molecule is Cc1ccc2c(c1)c1c(n2/C=C(\F)c2ccc(Br)nc2)CCN(C)C1. The minimum atomic E-state index is -0.279. The van der Waals surface area contributed by atoms with E-state index in [0.717, 1.165) is 25.0 Å². The summed E-state index contributed by atoms with van der Waals surface area (Å²) in [5.74, 6) is -0.279. The van der Waals surface area contributed by atoms with Gasteiger partial charge in [0.25, 0.3) is 0 Å². The van der Waals surface area contributed by atoms with Gasteiger partial charge in [-0.1, -0.05) is 11.6 Å². The average molecular weight is 400 g/mol. The fourth-order valence-corrected chi connectivity index (χ4v) is 3.73. The summed E-state index contributed by atoms with van der Waals surface area (Å²) in [4.78, 5) is 6.43. The monoisotopic (exact) mass is 399 g/mol. The second kappa shape index (κ2) is 6.39. The van der Waals surface area contributed by atoms with Crippen molar-refractivity contribution in [2.24, 2.45) is 0 Å². The van der Waals surface area contributed by atoms with Crippen LogP contribution in [0.5, 0.6) is 0 Å². The lowest BCUT2D eigenvalue weighted by Gasteiger charge is -2.23. The van der Waals surface area contributed by atoms with Crippen LogP contribution in [0, 0.1) is 6.92 Å². The van der Waals surface area contributed by atoms with Gasteiger partial charge in [-0.3, -0.25) is 0 Å². The summed E-state index contributed by atoms with van der Waals surface area (Å²) in [5, 5.41) is 1.22. The Morgan fingerprint density at radius 1 is 1.28 bits per heavy atom. The Bertz CT molecular complexity index is 973. The van der Waals surface area contributed by atoms with Crippen LogP contribution >= 0.6 is 15.9 Å². The van der Waals surface area contributed by atoms with Crippen LogP contribution < -0.4 is 0 Å². The maximum atomic E-state index is 14.9. The van der Waals surface area contributed by atoms with Crippen molar-refractivity contribution in [3.8, 4) is 0 Å². The average Bonchev–Trinajstić information content (AvgIpc) is 2.88. The predicted molar refractivity (Wildman–Crippen MR) is 104 cm³/mol. The second-order valence-corrected chi connectivity index (χ2v) is 7.46. The summed E-state index contributed by atoms with van der Waals surface area (Å²) in [6.07, 6.45) is 4.07. The smallest absolute Gasteiger partial charge is 0.148 e. The van der Waals surface area contributed by atoms with Crippen molar-refractivity contribution < 1.29 is 4.39 Å². The van der Waals surface area contributed by atoms with Crippen LogP contribution in [0.1, 0.15) is 22.4 Å². The Balaban J connectivity index is 1.89. The molecule has 4 rings (SSSR count). The van der Waals surface area contributed by atoms with Gasteiger partial charge in [0, 0.05) is 48.6 Å². The lowest BCUT2D eigenvalue weighted by Crippen LogP contribution is -2.26. The third-order valence-electron chi connectivity index (χ3n) is 4.78. The molecule has 0 N–H and O–H groups in total. The molecule has 0 saturated carbocycles. The van der Waals surface area contributed by atoms with Crippen LogP contribution in [-0.4, -0.2) is 28.0 Å². The van der Waals surface area contributed by atoms with Gasteiger partial charge >= 0.3 is 0 Å². The molecular formula is C20H19BrFN3. The Hall–Kier alpha value is -1.98. The largest absolute Gasteiger partial charge is 0.317 e. The Labute approximate surface area is 154 Å². The molecule has 0 bridgehead atoms. The van der Waals surface area contributed by atoms with E-state index >= 15 is 0 Å². The summed E-state index contributed by atoms with van der Waals surface area (Å²) in [6, 6.07) is 9.87.